The molecule has 1 saturated heterocycles. The molecule has 3 aromatic rings. The zero-order chi connectivity index (χ0) is 41.9. The first-order valence-corrected chi connectivity index (χ1v) is 21.2. The molecule has 15 nitrogen and oxygen atoms in total. The first-order valence-electron chi connectivity index (χ1n) is 19.5. The van der Waals surface area contributed by atoms with E-state index >= 15 is 0 Å². The fourth-order valence-electron chi connectivity index (χ4n) is 8.17. The maximum Gasteiger partial charge on any atom is 0.408 e. The van der Waals surface area contributed by atoms with E-state index in [0.717, 1.165) is 25.7 Å². The fraction of sp³-hybridized carbons (Fsp3) is 0.537. The summed E-state index contributed by atoms with van der Waals surface area (Å²) in [5.74, 6) is -1.86. The number of Topliss-reactive ketones (excluding diaryl/α,β-unsaturated/α-hetero) is 1. The van der Waals surface area contributed by atoms with Gasteiger partial charge in [0.25, 0.3) is 0 Å². The quantitative estimate of drug-likeness (QED) is 0.144. The number of methoxy groups -OCH3 is 1. The Hall–Kier alpha value is -4.61. The van der Waals surface area contributed by atoms with Crippen LogP contribution in [0.25, 0.3) is 22.3 Å². The minimum absolute atomic E-state index is 0.0435. The number of anilines is 1. The van der Waals surface area contributed by atoms with Crippen LogP contribution in [0.15, 0.2) is 40.7 Å². The van der Waals surface area contributed by atoms with Crippen molar-refractivity contribution in [3.8, 4) is 22.9 Å². The van der Waals surface area contributed by atoms with Gasteiger partial charge in [-0.2, -0.15) is 0 Å². The minimum Gasteiger partial charge on any atom is -0.495 e. The number of carbonyl (C=O) groups is 5. The van der Waals surface area contributed by atoms with Crippen molar-refractivity contribution in [2.24, 2.45) is 17.3 Å². The van der Waals surface area contributed by atoms with Crippen molar-refractivity contribution >= 4 is 73.0 Å². The summed E-state index contributed by atoms with van der Waals surface area (Å²) in [6, 6.07) is 3.20. The molecule has 3 heterocycles. The number of thiazole rings is 1. The van der Waals surface area contributed by atoms with Crippen LogP contribution in [-0.2, 0) is 23.9 Å². The van der Waals surface area contributed by atoms with E-state index in [2.05, 4.69) is 43.4 Å². The summed E-state index contributed by atoms with van der Waals surface area (Å²) in [5.41, 5.74) is -2.23. The number of amides is 3. The van der Waals surface area contributed by atoms with E-state index in [4.69, 9.17) is 19.2 Å². The topological polar surface area (TPSA) is 198 Å². The van der Waals surface area contributed by atoms with Crippen molar-refractivity contribution in [3.05, 3.63) is 40.7 Å². The first-order chi connectivity index (χ1) is 27.4. The number of carboxylic acid groups (broad SMARTS) is 1. The van der Waals surface area contributed by atoms with E-state index in [1.54, 1.807) is 50.6 Å². The van der Waals surface area contributed by atoms with Crippen LogP contribution in [0.4, 0.5) is 9.93 Å². The van der Waals surface area contributed by atoms with Crippen molar-refractivity contribution in [2.75, 3.05) is 19.0 Å². The van der Waals surface area contributed by atoms with E-state index < -0.39 is 58.6 Å². The van der Waals surface area contributed by atoms with Gasteiger partial charge in [0, 0.05) is 35.1 Å². The molecule has 17 heteroatoms. The number of rotatable bonds is 13. The van der Waals surface area contributed by atoms with Gasteiger partial charge in [-0.25, -0.2) is 14.8 Å². The van der Waals surface area contributed by atoms with E-state index in [-0.39, 0.29) is 43.1 Å². The molecule has 310 valence electrons. The number of fused-ring (bicyclic) bond motifs is 1. The number of aliphatic carboxylic acids is 1. The monoisotopic (exact) mass is 880 g/mol. The minimum atomic E-state index is -1.45. The van der Waals surface area contributed by atoms with Gasteiger partial charge in [0.15, 0.2) is 10.9 Å². The summed E-state index contributed by atoms with van der Waals surface area (Å²) in [6.45, 7) is 12.8. The zero-order valence-corrected chi connectivity index (χ0v) is 35.8. The highest BCUT2D eigenvalue weighted by atomic mass is 79.9. The van der Waals surface area contributed by atoms with Gasteiger partial charge in [-0.1, -0.05) is 40.7 Å². The molecule has 4 fully saturated rings. The van der Waals surface area contributed by atoms with Crippen LogP contribution in [0, 0.1) is 17.3 Å². The van der Waals surface area contributed by atoms with Crippen LogP contribution in [0.2, 0.25) is 0 Å². The van der Waals surface area contributed by atoms with Crippen molar-refractivity contribution in [1.82, 2.24) is 25.5 Å². The second-order valence-electron chi connectivity index (χ2n) is 17.0. The molecule has 6 atom stereocenters. The molecule has 0 bridgehead atoms. The van der Waals surface area contributed by atoms with Crippen LogP contribution in [0.5, 0.6) is 11.5 Å². The van der Waals surface area contributed by atoms with Gasteiger partial charge in [-0.15, -0.1) is 17.9 Å². The summed E-state index contributed by atoms with van der Waals surface area (Å²) in [5, 5.41) is 21.8. The Kier molecular flexibility index (Phi) is 11.1. The summed E-state index contributed by atoms with van der Waals surface area (Å²) in [6.07, 6.45) is 3.58. The maximum absolute atomic E-state index is 14.9. The lowest BCUT2D eigenvalue weighted by molar-refractivity contribution is -0.141. The van der Waals surface area contributed by atoms with Crippen LogP contribution in [-0.4, -0.2) is 98.7 Å². The number of halogens is 1. The molecule has 7 rings (SSSR count). The van der Waals surface area contributed by atoms with Crippen molar-refractivity contribution < 1.29 is 43.3 Å². The number of ether oxygens (including phenoxy) is 3. The molecule has 1 spiro atoms. The Bertz CT molecular complexity index is 2180. The Labute approximate surface area is 348 Å². The normalized spacial score (nSPS) is 25.8. The lowest BCUT2D eigenvalue weighted by Crippen LogP contribution is -2.58. The zero-order valence-electron chi connectivity index (χ0n) is 33.3. The molecule has 3 saturated carbocycles. The molecular formula is C41H49BrN6O9S. The van der Waals surface area contributed by atoms with E-state index in [9.17, 15) is 29.1 Å². The second kappa shape index (κ2) is 15.5. The van der Waals surface area contributed by atoms with Gasteiger partial charge >= 0.3 is 12.1 Å². The average molecular weight is 882 g/mol. The predicted octanol–water partition coefficient (Wildman–Crippen LogP) is 6.10. The van der Waals surface area contributed by atoms with Gasteiger partial charge in [0.05, 0.1) is 29.3 Å². The smallest absolute Gasteiger partial charge is 0.408 e. The highest BCUT2D eigenvalue weighted by molar-refractivity contribution is 9.10. The molecule has 3 amide bonds. The third-order valence-electron chi connectivity index (χ3n) is 11.7. The number of carbonyl (C=O) groups excluding carboxylic acids is 4. The number of nitrogens with zero attached hydrogens (tertiary/aromatic N) is 3. The molecular weight excluding hydrogens is 832 g/mol. The van der Waals surface area contributed by atoms with Crippen LogP contribution in [0.1, 0.15) is 73.1 Å². The number of likely N-dealkylation sites (tertiary alicyclic amines) is 1. The molecule has 1 aromatic carbocycles. The molecule has 4 N–H and O–H groups in total. The molecule has 3 aliphatic carbocycles. The number of hydrogen-bond donors (Lipinski definition) is 4. The van der Waals surface area contributed by atoms with Crippen LogP contribution in [0.3, 0.4) is 0 Å². The van der Waals surface area contributed by atoms with Crippen molar-refractivity contribution in [3.63, 3.8) is 0 Å². The first kappa shape index (κ1) is 41.5. The van der Waals surface area contributed by atoms with Gasteiger partial charge < -0.3 is 34.9 Å². The molecule has 2 unspecified atom stereocenters. The molecule has 2 aromatic heterocycles. The number of nitrogens with one attached hydrogen (secondary N) is 3. The molecule has 58 heavy (non-hydrogen) atoms. The number of aromatic nitrogens is 2. The van der Waals surface area contributed by atoms with Crippen LogP contribution >= 0.6 is 27.3 Å². The number of benzene rings is 1. The van der Waals surface area contributed by atoms with E-state index in [1.165, 1.54) is 16.2 Å². The van der Waals surface area contributed by atoms with Crippen molar-refractivity contribution in [1.29, 1.82) is 0 Å². The number of hydrogen-bond acceptors (Lipinski definition) is 12. The summed E-state index contributed by atoms with van der Waals surface area (Å²) >= 11 is 4.89. The number of pyridine rings is 1. The Morgan fingerprint density at radius 3 is 2.43 bits per heavy atom. The third kappa shape index (κ3) is 7.56. The molecule has 4 aliphatic rings. The largest absolute Gasteiger partial charge is 0.495 e. The van der Waals surface area contributed by atoms with Gasteiger partial charge in [-0.05, 0) is 65.6 Å². The highest BCUT2D eigenvalue weighted by Crippen LogP contribution is 2.53. The van der Waals surface area contributed by atoms with Gasteiger partial charge in [0.2, 0.25) is 11.8 Å². The second-order valence-corrected chi connectivity index (χ2v) is 18.7. The molecule has 1 aliphatic heterocycles. The average Bonchev–Trinajstić information content (AvgIpc) is 3.59. The standard InChI is InChI=1S/C41H49BrN6O9S/c1-8-21-16-40(21,36(52)53)47-31-33(49)41(31)17-23(18-48(41)35(51)32(39(4,5)6)45-38(54)57-22-11-9-10-12-22)56-28-15-25(26-19-58-37(44-26)46-34(50)20(2)3)43-30-24(28)13-14-27(55-7)29(30)42/h8,13-15,19-23,31-32,47H,1,9-12,16-18H2,2-7H3,(H,45,54)(H,52,53)(H,44,46,50)/t21-,23+,31?,32-,40-,41?/m1/s1. The van der Waals surface area contributed by atoms with E-state index in [0.29, 0.717) is 43.4 Å². The summed E-state index contributed by atoms with van der Waals surface area (Å²) < 4.78 is 18.6. The maximum atomic E-state index is 14.9. The number of carboxylic acids is 1. The summed E-state index contributed by atoms with van der Waals surface area (Å²) in [7, 11) is 1.54. The van der Waals surface area contributed by atoms with Crippen LogP contribution < -0.4 is 25.4 Å². The SMILES string of the molecule is C=C[C@@H]1C[C@]1(NC1C(=O)C12C[C@H](Oc1cc(-c3csc(NC(=O)C(C)C)n3)nc3c(Br)c(OC)ccc13)CN2C(=O)[C@@H](NC(=O)OC1CCCC1)C(C)(C)C)C(=O)O. The van der Waals surface area contributed by atoms with E-state index in [1.807, 2.05) is 20.8 Å². The van der Waals surface area contributed by atoms with Gasteiger partial charge in [-0.3, -0.25) is 24.5 Å². The Morgan fingerprint density at radius 1 is 1.09 bits per heavy atom. The lowest BCUT2D eigenvalue weighted by atomic mass is 9.85. The number of alkyl carbamates (subject to hydrolysis) is 1. The lowest BCUT2D eigenvalue weighted by Gasteiger charge is -2.35. The summed E-state index contributed by atoms with van der Waals surface area (Å²) in [4.78, 5) is 78.2. The predicted molar refractivity (Wildman–Crippen MR) is 220 cm³/mol. The number of ketones is 1. The van der Waals surface area contributed by atoms with Gasteiger partial charge in [0.1, 0.15) is 52.6 Å². The molecule has 0 radical (unpaired) electrons. The Morgan fingerprint density at radius 2 is 1.81 bits per heavy atom. The third-order valence-corrected chi connectivity index (χ3v) is 13.2. The fourth-order valence-corrected chi connectivity index (χ4v) is 9.48. The Balaban J connectivity index is 1.24. The highest BCUT2D eigenvalue weighted by Gasteiger charge is 2.77. The van der Waals surface area contributed by atoms with Crippen molar-refractivity contribution in [2.45, 2.75) is 109 Å².